The van der Waals surface area contributed by atoms with E-state index in [0.717, 1.165) is 30.1 Å². The highest BCUT2D eigenvalue weighted by molar-refractivity contribution is 5.39. The van der Waals surface area contributed by atoms with Gasteiger partial charge >= 0.3 is 0 Å². The third-order valence-corrected chi connectivity index (χ3v) is 3.33. The summed E-state index contributed by atoms with van der Waals surface area (Å²) >= 11 is 0. The molecule has 0 radical (unpaired) electrons. The maximum atomic E-state index is 5.86. The van der Waals surface area contributed by atoms with Crippen molar-refractivity contribution >= 4 is 5.82 Å². The van der Waals surface area contributed by atoms with Crippen LogP contribution < -0.4 is 10.1 Å². The van der Waals surface area contributed by atoms with Crippen molar-refractivity contribution in [1.29, 1.82) is 0 Å². The molecule has 1 heterocycles. The average Bonchev–Trinajstić information content (AvgIpc) is 2.48. The van der Waals surface area contributed by atoms with Crippen molar-refractivity contribution in [3.05, 3.63) is 53.2 Å². The second-order valence-electron chi connectivity index (χ2n) is 4.97. The molecule has 0 unspecified atom stereocenters. The maximum absolute atomic E-state index is 5.86. The van der Waals surface area contributed by atoms with Crippen molar-refractivity contribution in [3.8, 4) is 5.75 Å². The maximum Gasteiger partial charge on any atom is 0.125 e. The monoisotopic (exact) mass is 270 g/mol. The first-order chi connectivity index (χ1) is 9.70. The van der Waals surface area contributed by atoms with Crippen LogP contribution in [0.1, 0.15) is 30.0 Å². The Bertz CT molecular complexity index is 549. The highest BCUT2D eigenvalue weighted by Crippen LogP contribution is 2.21. The van der Waals surface area contributed by atoms with Gasteiger partial charge in [-0.05, 0) is 43.5 Å². The van der Waals surface area contributed by atoms with Gasteiger partial charge in [0.2, 0.25) is 0 Å². The molecular weight excluding hydrogens is 248 g/mol. The Morgan fingerprint density at radius 1 is 1.15 bits per heavy atom. The van der Waals surface area contributed by atoms with Crippen molar-refractivity contribution in [3.63, 3.8) is 0 Å². The van der Waals surface area contributed by atoms with E-state index in [2.05, 4.69) is 43.2 Å². The van der Waals surface area contributed by atoms with Crippen LogP contribution in [0, 0.1) is 13.8 Å². The zero-order valence-corrected chi connectivity index (χ0v) is 12.4. The van der Waals surface area contributed by atoms with E-state index in [1.807, 2.05) is 24.4 Å². The van der Waals surface area contributed by atoms with E-state index in [0.29, 0.717) is 6.61 Å². The van der Waals surface area contributed by atoms with Gasteiger partial charge in [0.15, 0.2) is 0 Å². The van der Waals surface area contributed by atoms with Gasteiger partial charge in [-0.25, -0.2) is 4.98 Å². The Balaban J connectivity index is 1.95. The second kappa shape index (κ2) is 6.94. The molecule has 0 saturated carbocycles. The van der Waals surface area contributed by atoms with Crippen molar-refractivity contribution in [1.82, 2.24) is 4.98 Å². The summed E-state index contributed by atoms with van der Waals surface area (Å²) in [6.45, 7) is 7.81. The number of benzene rings is 1. The summed E-state index contributed by atoms with van der Waals surface area (Å²) in [5.74, 6) is 1.86. The molecule has 0 aliphatic heterocycles. The van der Waals surface area contributed by atoms with Gasteiger partial charge in [0.1, 0.15) is 18.2 Å². The molecule has 0 aliphatic rings. The number of aryl methyl sites for hydroxylation is 1. The molecule has 0 amide bonds. The molecule has 20 heavy (non-hydrogen) atoms. The highest BCUT2D eigenvalue weighted by atomic mass is 16.5. The summed E-state index contributed by atoms with van der Waals surface area (Å²) < 4.78 is 5.86. The Hall–Kier alpha value is -2.03. The van der Waals surface area contributed by atoms with E-state index >= 15 is 0 Å². The number of ether oxygens (including phenoxy) is 1. The molecule has 0 aliphatic carbocycles. The highest BCUT2D eigenvalue weighted by Gasteiger charge is 2.02. The minimum Gasteiger partial charge on any atom is -0.489 e. The smallest absolute Gasteiger partial charge is 0.125 e. The number of rotatable bonds is 6. The number of pyridine rings is 1. The van der Waals surface area contributed by atoms with E-state index in [9.17, 15) is 0 Å². The largest absolute Gasteiger partial charge is 0.489 e. The van der Waals surface area contributed by atoms with Crippen molar-refractivity contribution in [2.24, 2.45) is 0 Å². The van der Waals surface area contributed by atoms with E-state index in [1.165, 1.54) is 11.1 Å². The van der Waals surface area contributed by atoms with Gasteiger partial charge in [-0.15, -0.1) is 0 Å². The lowest BCUT2D eigenvalue weighted by molar-refractivity contribution is 0.303. The summed E-state index contributed by atoms with van der Waals surface area (Å²) in [6.07, 6.45) is 2.96. The first kappa shape index (κ1) is 14.4. The summed E-state index contributed by atoms with van der Waals surface area (Å²) in [7, 11) is 0. The second-order valence-corrected chi connectivity index (χ2v) is 4.97. The number of anilines is 1. The molecule has 0 spiro atoms. The Morgan fingerprint density at radius 2 is 2.00 bits per heavy atom. The van der Waals surface area contributed by atoms with Crippen LogP contribution in [-0.4, -0.2) is 11.5 Å². The summed E-state index contributed by atoms with van der Waals surface area (Å²) in [5.41, 5.74) is 3.52. The fourth-order valence-corrected chi connectivity index (χ4v) is 1.91. The van der Waals surface area contributed by atoms with Crippen LogP contribution in [0.4, 0.5) is 5.82 Å². The van der Waals surface area contributed by atoms with E-state index < -0.39 is 0 Å². The van der Waals surface area contributed by atoms with Crippen LogP contribution in [0.3, 0.4) is 0 Å². The molecule has 0 atom stereocenters. The normalized spacial score (nSPS) is 10.3. The Kier molecular flexibility index (Phi) is 4.99. The molecule has 3 nitrogen and oxygen atoms in total. The van der Waals surface area contributed by atoms with Gasteiger partial charge in [-0.2, -0.15) is 0 Å². The zero-order valence-electron chi connectivity index (χ0n) is 12.4. The summed E-state index contributed by atoms with van der Waals surface area (Å²) in [4.78, 5) is 4.38. The number of nitrogens with zero attached hydrogens (tertiary/aromatic N) is 1. The molecule has 106 valence electrons. The van der Waals surface area contributed by atoms with E-state index in [-0.39, 0.29) is 0 Å². The van der Waals surface area contributed by atoms with Crippen molar-refractivity contribution in [2.75, 3.05) is 11.9 Å². The van der Waals surface area contributed by atoms with Gasteiger partial charge in [0.05, 0.1) is 0 Å². The lowest BCUT2D eigenvalue weighted by atomic mass is 10.1. The number of hydrogen-bond acceptors (Lipinski definition) is 3. The molecule has 2 rings (SSSR count). The minimum atomic E-state index is 0.547. The molecule has 0 bridgehead atoms. The Labute approximate surface area is 121 Å². The standard InChI is InChI=1S/C17H22N2O/c1-4-10-18-17-9-8-15(11-19-17)12-20-16-7-5-6-13(2)14(16)3/h5-9,11H,4,10,12H2,1-3H3,(H,18,19). The molecule has 1 aromatic heterocycles. The lowest BCUT2D eigenvalue weighted by Gasteiger charge is -2.11. The number of hydrogen-bond donors (Lipinski definition) is 1. The molecule has 2 aromatic rings. The fourth-order valence-electron chi connectivity index (χ4n) is 1.91. The van der Waals surface area contributed by atoms with E-state index in [1.54, 1.807) is 0 Å². The third kappa shape index (κ3) is 3.73. The summed E-state index contributed by atoms with van der Waals surface area (Å²) in [6, 6.07) is 10.2. The number of aromatic nitrogens is 1. The van der Waals surface area contributed by atoms with Crippen LogP contribution >= 0.6 is 0 Å². The molecule has 1 N–H and O–H groups in total. The topological polar surface area (TPSA) is 34.1 Å². The first-order valence-electron chi connectivity index (χ1n) is 7.08. The predicted octanol–water partition coefficient (Wildman–Crippen LogP) is 4.10. The molecule has 3 heteroatoms. The van der Waals surface area contributed by atoms with Gasteiger partial charge in [0.25, 0.3) is 0 Å². The van der Waals surface area contributed by atoms with Crippen LogP contribution in [0.25, 0.3) is 0 Å². The van der Waals surface area contributed by atoms with Gasteiger partial charge < -0.3 is 10.1 Å². The van der Waals surface area contributed by atoms with Gasteiger partial charge in [-0.1, -0.05) is 25.1 Å². The molecule has 0 fully saturated rings. The van der Waals surface area contributed by atoms with Gasteiger partial charge in [0, 0.05) is 18.3 Å². The predicted molar refractivity (Wildman–Crippen MR) is 83.3 cm³/mol. The SMILES string of the molecule is CCCNc1ccc(COc2cccc(C)c2C)cn1. The van der Waals surface area contributed by atoms with Crippen molar-refractivity contribution < 1.29 is 4.74 Å². The van der Waals surface area contributed by atoms with Crippen LogP contribution in [-0.2, 0) is 6.61 Å². The van der Waals surface area contributed by atoms with Gasteiger partial charge in [-0.3, -0.25) is 0 Å². The zero-order chi connectivity index (χ0) is 14.4. The van der Waals surface area contributed by atoms with Crippen LogP contribution in [0.15, 0.2) is 36.5 Å². The van der Waals surface area contributed by atoms with E-state index in [4.69, 9.17) is 4.74 Å². The summed E-state index contributed by atoms with van der Waals surface area (Å²) in [5, 5.41) is 3.26. The first-order valence-corrected chi connectivity index (χ1v) is 7.08. The quantitative estimate of drug-likeness (QED) is 0.858. The van der Waals surface area contributed by atoms with Crippen molar-refractivity contribution in [2.45, 2.75) is 33.8 Å². The Morgan fingerprint density at radius 3 is 2.70 bits per heavy atom. The van der Waals surface area contributed by atoms with Crippen LogP contribution in [0.5, 0.6) is 5.75 Å². The fraction of sp³-hybridized carbons (Fsp3) is 0.353. The van der Waals surface area contributed by atoms with Crippen LogP contribution in [0.2, 0.25) is 0 Å². The molecule has 0 saturated heterocycles. The number of nitrogens with one attached hydrogen (secondary N) is 1. The lowest BCUT2D eigenvalue weighted by Crippen LogP contribution is -2.03. The average molecular weight is 270 g/mol. The minimum absolute atomic E-state index is 0.547. The molecule has 1 aromatic carbocycles. The molecular formula is C17H22N2O. The third-order valence-electron chi connectivity index (χ3n) is 3.33.